The highest BCUT2D eigenvalue weighted by molar-refractivity contribution is 6.39. The molecule has 0 atom stereocenters. The van der Waals surface area contributed by atoms with Gasteiger partial charge in [-0.15, -0.1) is 0 Å². The Bertz CT molecular complexity index is 1260. The Kier molecular flexibility index (Phi) is 6.66. The van der Waals surface area contributed by atoms with Crippen LogP contribution in [0.3, 0.4) is 0 Å². The molecular weight excluding hydrogens is 448 g/mol. The monoisotopic (exact) mass is 476 g/mol. The number of nitrogens with zero attached hydrogens (tertiary/aromatic N) is 2. The zero-order valence-electron chi connectivity index (χ0n) is 19.1. The van der Waals surface area contributed by atoms with Crippen molar-refractivity contribution in [3.63, 3.8) is 0 Å². The molecule has 0 radical (unpaired) electrons. The molecule has 3 aromatic carbocycles. The predicted molar refractivity (Wildman–Crippen MR) is 137 cm³/mol. The van der Waals surface area contributed by atoms with Crippen molar-refractivity contribution < 1.29 is 14.9 Å². The van der Waals surface area contributed by atoms with E-state index in [0.717, 1.165) is 34.6 Å². The second kappa shape index (κ2) is 10.00. The highest BCUT2D eigenvalue weighted by Gasteiger charge is 2.20. The summed E-state index contributed by atoms with van der Waals surface area (Å²) in [5, 5.41) is 21.4. The first-order valence-electron chi connectivity index (χ1n) is 11.8. The van der Waals surface area contributed by atoms with E-state index in [9.17, 15) is 10.2 Å². The number of phenolic OH excluding ortho intramolecular Hbond substituents is 2. The van der Waals surface area contributed by atoms with Crippen LogP contribution < -0.4 is 4.74 Å². The van der Waals surface area contributed by atoms with Crippen LogP contribution in [-0.4, -0.2) is 45.9 Å². The van der Waals surface area contributed by atoms with Crippen LogP contribution in [0.15, 0.2) is 66.7 Å². The van der Waals surface area contributed by atoms with Crippen LogP contribution in [0.5, 0.6) is 17.2 Å². The van der Waals surface area contributed by atoms with Gasteiger partial charge in [0.25, 0.3) is 0 Å². The van der Waals surface area contributed by atoms with Gasteiger partial charge in [-0.2, -0.15) is 0 Å². The van der Waals surface area contributed by atoms with E-state index < -0.39 is 0 Å². The van der Waals surface area contributed by atoms with E-state index in [1.165, 1.54) is 32.4 Å². The first kappa shape index (κ1) is 22.6. The summed E-state index contributed by atoms with van der Waals surface area (Å²) in [7, 11) is 0. The van der Waals surface area contributed by atoms with Gasteiger partial charge in [-0.25, -0.2) is 0 Å². The summed E-state index contributed by atoms with van der Waals surface area (Å²) in [6.45, 7) is 4.59. The molecular formula is C28H29ClN2O3. The standard InChI is InChI=1S/C28H29ClN2O3/c29-27-26-24(5-4-6-25(26)33)31(28(27)21-9-11-22(32)12-10-21)19-20-7-13-23(14-8-20)34-18-17-30-15-2-1-3-16-30/h4-14,32-33H,1-3,15-19H2. The van der Waals surface area contributed by atoms with E-state index >= 15 is 0 Å². The second-order valence-electron chi connectivity index (χ2n) is 8.86. The van der Waals surface area contributed by atoms with Crippen molar-refractivity contribution in [2.75, 3.05) is 26.2 Å². The predicted octanol–water partition coefficient (Wildman–Crippen LogP) is 6.29. The van der Waals surface area contributed by atoms with E-state index in [-0.39, 0.29) is 11.5 Å². The fraction of sp³-hybridized carbons (Fsp3) is 0.286. The molecule has 2 heterocycles. The van der Waals surface area contributed by atoms with Crippen LogP contribution >= 0.6 is 11.6 Å². The molecule has 6 heteroatoms. The average molecular weight is 477 g/mol. The number of benzene rings is 3. The molecule has 1 aliphatic rings. The number of aromatic nitrogens is 1. The van der Waals surface area contributed by atoms with Gasteiger partial charge in [-0.1, -0.05) is 36.2 Å². The van der Waals surface area contributed by atoms with Crippen LogP contribution in [0.1, 0.15) is 24.8 Å². The van der Waals surface area contributed by atoms with Crippen molar-refractivity contribution in [3.05, 3.63) is 77.3 Å². The van der Waals surface area contributed by atoms with E-state index in [4.69, 9.17) is 16.3 Å². The van der Waals surface area contributed by atoms with Crippen LogP contribution in [0, 0.1) is 0 Å². The zero-order chi connectivity index (χ0) is 23.5. The first-order chi connectivity index (χ1) is 16.6. The van der Waals surface area contributed by atoms with Crippen molar-refractivity contribution >= 4 is 22.5 Å². The third-order valence-electron chi connectivity index (χ3n) is 6.54. The van der Waals surface area contributed by atoms with Gasteiger partial charge in [0.15, 0.2) is 0 Å². The molecule has 34 heavy (non-hydrogen) atoms. The Morgan fingerprint density at radius 1 is 0.853 bits per heavy atom. The lowest BCUT2D eigenvalue weighted by Crippen LogP contribution is -2.33. The normalized spacial score (nSPS) is 14.5. The van der Waals surface area contributed by atoms with Gasteiger partial charge in [0.05, 0.1) is 21.6 Å². The average Bonchev–Trinajstić information content (AvgIpc) is 3.14. The van der Waals surface area contributed by atoms with Gasteiger partial charge >= 0.3 is 0 Å². The second-order valence-corrected chi connectivity index (χ2v) is 9.24. The Hall–Kier alpha value is -3.15. The van der Waals surface area contributed by atoms with Gasteiger partial charge in [-0.3, -0.25) is 4.90 Å². The van der Waals surface area contributed by atoms with E-state index in [1.54, 1.807) is 18.2 Å². The zero-order valence-corrected chi connectivity index (χ0v) is 19.8. The molecule has 0 amide bonds. The van der Waals surface area contributed by atoms with Crippen molar-refractivity contribution in [1.29, 1.82) is 0 Å². The third-order valence-corrected chi connectivity index (χ3v) is 6.91. The minimum atomic E-state index is 0.152. The summed E-state index contributed by atoms with van der Waals surface area (Å²) in [5.41, 5.74) is 3.63. The van der Waals surface area contributed by atoms with E-state index in [1.807, 2.05) is 36.4 Å². The van der Waals surface area contributed by atoms with E-state index in [0.29, 0.717) is 23.6 Å². The van der Waals surface area contributed by atoms with Gasteiger partial charge in [0.2, 0.25) is 0 Å². The Morgan fingerprint density at radius 2 is 1.59 bits per heavy atom. The summed E-state index contributed by atoms with van der Waals surface area (Å²) in [4.78, 5) is 2.47. The fourth-order valence-corrected chi connectivity index (χ4v) is 5.16. The molecule has 1 fully saturated rings. The Labute approximate surface area is 204 Å². The number of halogens is 1. The van der Waals surface area contributed by atoms with Crippen molar-refractivity contribution in [2.24, 2.45) is 0 Å². The van der Waals surface area contributed by atoms with Gasteiger partial charge in [0, 0.05) is 13.1 Å². The number of phenols is 2. The maximum atomic E-state index is 10.5. The molecule has 1 aromatic heterocycles. The molecule has 176 valence electrons. The van der Waals surface area contributed by atoms with Crippen molar-refractivity contribution in [3.8, 4) is 28.5 Å². The summed E-state index contributed by atoms with van der Waals surface area (Å²) in [6, 6.07) is 20.5. The largest absolute Gasteiger partial charge is 0.508 e. The summed E-state index contributed by atoms with van der Waals surface area (Å²) in [6.07, 6.45) is 3.92. The highest BCUT2D eigenvalue weighted by atomic mass is 35.5. The van der Waals surface area contributed by atoms with Crippen LogP contribution in [0.2, 0.25) is 5.02 Å². The molecule has 0 unspecified atom stereocenters. The molecule has 5 nitrogen and oxygen atoms in total. The van der Waals surface area contributed by atoms with Crippen LogP contribution in [0.4, 0.5) is 0 Å². The molecule has 1 aliphatic heterocycles. The molecule has 0 bridgehead atoms. The van der Waals surface area contributed by atoms with Crippen molar-refractivity contribution in [1.82, 2.24) is 9.47 Å². The lowest BCUT2D eigenvalue weighted by Gasteiger charge is -2.26. The molecule has 0 saturated carbocycles. The molecule has 1 saturated heterocycles. The van der Waals surface area contributed by atoms with Crippen molar-refractivity contribution in [2.45, 2.75) is 25.8 Å². The lowest BCUT2D eigenvalue weighted by molar-refractivity contribution is 0.183. The maximum absolute atomic E-state index is 10.5. The molecule has 2 N–H and O–H groups in total. The van der Waals surface area contributed by atoms with Crippen LogP contribution in [-0.2, 0) is 6.54 Å². The van der Waals surface area contributed by atoms with E-state index in [2.05, 4.69) is 21.6 Å². The quantitative estimate of drug-likeness (QED) is 0.329. The fourth-order valence-electron chi connectivity index (χ4n) is 4.75. The molecule has 0 aliphatic carbocycles. The smallest absolute Gasteiger partial charge is 0.126 e. The number of likely N-dealkylation sites (tertiary alicyclic amines) is 1. The molecule has 0 spiro atoms. The highest BCUT2D eigenvalue weighted by Crippen LogP contribution is 2.42. The minimum absolute atomic E-state index is 0.152. The SMILES string of the molecule is Oc1ccc(-c2c(Cl)c3c(O)cccc3n2Cc2ccc(OCCN3CCCCC3)cc2)cc1. The van der Waals surface area contributed by atoms with Gasteiger partial charge < -0.3 is 19.5 Å². The number of hydrogen-bond acceptors (Lipinski definition) is 4. The number of rotatable bonds is 7. The summed E-state index contributed by atoms with van der Waals surface area (Å²) >= 11 is 6.79. The number of ether oxygens (including phenoxy) is 1. The number of piperidine rings is 1. The first-order valence-corrected chi connectivity index (χ1v) is 12.2. The summed E-state index contributed by atoms with van der Waals surface area (Å²) < 4.78 is 8.09. The number of hydrogen-bond donors (Lipinski definition) is 2. The van der Waals surface area contributed by atoms with Gasteiger partial charge in [0.1, 0.15) is 23.9 Å². The Balaban J connectivity index is 1.38. The van der Waals surface area contributed by atoms with Crippen LogP contribution in [0.25, 0.3) is 22.2 Å². The maximum Gasteiger partial charge on any atom is 0.126 e. The molecule has 4 aromatic rings. The lowest BCUT2D eigenvalue weighted by atomic mass is 10.1. The minimum Gasteiger partial charge on any atom is -0.508 e. The molecule has 5 rings (SSSR count). The number of aromatic hydroxyl groups is 2. The third kappa shape index (κ3) is 4.72. The summed E-state index contributed by atoms with van der Waals surface area (Å²) in [5.74, 6) is 1.22. The Morgan fingerprint density at radius 3 is 2.32 bits per heavy atom. The number of fused-ring (bicyclic) bond motifs is 1. The van der Waals surface area contributed by atoms with Gasteiger partial charge in [-0.05, 0) is 85.6 Å². The topological polar surface area (TPSA) is 57.9 Å².